The molecule has 0 heterocycles. The van der Waals surface area contributed by atoms with Gasteiger partial charge in [-0.15, -0.1) is 0 Å². The van der Waals surface area contributed by atoms with Crippen molar-refractivity contribution in [2.24, 2.45) is 11.8 Å². The third-order valence-corrected chi connectivity index (χ3v) is 2.88. The average Bonchev–Trinajstić information content (AvgIpc) is 2.37. The third kappa shape index (κ3) is 22.3. The fourth-order valence-electron chi connectivity index (χ4n) is 2.02. The van der Waals surface area contributed by atoms with Gasteiger partial charge < -0.3 is 20.4 Å². The highest BCUT2D eigenvalue weighted by Crippen LogP contribution is 2.27. The first-order valence-corrected chi connectivity index (χ1v) is 8.29. The van der Waals surface area contributed by atoms with Crippen LogP contribution in [0.4, 0.5) is 0 Å². The number of aliphatic hydroxyl groups excluding tert-OH is 1. The molecule has 0 saturated heterocycles. The summed E-state index contributed by atoms with van der Waals surface area (Å²) in [5.74, 6) is -0.907. The Kier molecular flexibility index (Phi) is 16.5. The van der Waals surface area contributed by atoms with Crippen molar-refractivity contribution in [2.75, 3.05) is 6.61 Å². The van der Waals surface area contributed by atoms with Crippen LogP contribution in [0.5, 0.6) is 0 Å². The van der Waals surface area contributed by atoms with E-state index in [1.165, 1.54) is 13.8 Å². The second-order valence-electron chi connectivity index (χ2n) is 7.06. The number of hydrogen-bond donors (Lipinski definition) is 4. The zero-order valence-corrected chi connectivity index (χ0v) is 16.5. The topological polar surface area (TPSA) is 115 Å². The Hall–Kier alpha value is -1.66. The van der Waals surface area contributed by atoms with Gasteiger partial charge in [-0.1, -0.05) is 40.9 Å². The summed E-state index contributed by atoms with van der Waals surface area (Å²) in [4.78, 5) is 19.2. The van der Waals surface area contributed by atoms with Gasteiger partial charge in [-0.3, -0.25) is 0 Å². The lowest BCUT2D eigenvalue weighted by molar-refractivity contribution is -0.133. The molecule has 0 atom stereocenters. The van der Waals surface area contributed by atoms with Crippen LogP contribution >= 0.6 is 0 Å². The summed E-state index contributed by atoms with van der Waals surface area (Å²) in [5, 5.41) is 34.8. The molecule has 0 saturated carbocycles. The minimum atomic E-state index is -0.935. The van der Waals surface area contributed by atoms with Crippen molar-refractivity contribution in [2.45, 2.75) is 66.4 Å². The van der Waals surface area contributed by atoms with Gasteiger partial charge in [0, 0.05) is 17.8 Å². The van der Waals surface area contributed by atoms with E-state index in [2.05, 4.69) is 40.9 Å². The zero-order valence-electron chi connectivity index (χ0n) is 16.5. The quantitative estimate of drug-likeness (QED) is 0.493. The summed E-state index contributed by atoms with van der Waals surface area (Å²) < 4.78 is 0. The fraction of sp³-hybridized carbons (Fsp3) is 0.684. The average molecular weight is 360 g/mol. The molecule has 0 amide bonds. The maximum atomic E-state index is 10.2. The number of aliphatic carboxylic acids is 2. The van der Waals surface area contributed by atoms with Gasteiger partial charge in [0.25, 0.3) is 0 Å². The Balaban J connectivity index is -0.000000336. The van der Waals surface area contributed by atoms with Crippen LogP contribution in [0.2, 0.25) is 0 Å². The SMILES string of the molecule is C=C(C)C(=O)O.C=C(C)C(=O)O.CC(C)CC(O)(CCO)CC(C)C. The number of carbonyl (C=O) groups is 2. The summed E-state index contributed by atoms with van der Waals surface area (Å²) in [6.07, 6.45) is 2.07. The van der Waals surface area contributed by atoms with Crippen LogP contribution in [0, 0.1) is 11.8 Å². The van der Waals surface area contributed by atoms with E-state index >= 15 is 0 Å². The van der Waals surface area contributed by atoms with E-state index < -0.39 is 17.5 Å². The van der Waals surface area contributed by atoms with Gasteiger partial charge in [0.2, 0.25) is 0 Å². The lowest BCUT2D eigenvalue weighted by atomic mass is 9.83. The number of hydrogen-bond acceptors (Lipinski definition) is 4. The molecule has 6 heteroatoms. The smallest absolute Gasteiger partial charge is 0.330 e. The highest BCUT2D eigenvalue weighted by Gasteiger charge is 2.28. The van der Waals surface area contributed by atoms with E-state index in [0.717, 1.165) is 12.8 Å². The zero-order chi connectivity index (χ0) is 20.8. The van der Waals surface area contributed by atoms with Gasteiger partial charge in [0.05, 0.1) is 5.60 Å². The van der Waals surface area contributed by atoms with Crippen molar-refractivity contribution in [3.8, 4) is 0 Å². The Morgan fingerprint density at radius 1 is 0.880 bits per heavy atom. The fourth-order valence-corrected chi connectivity index (χ4v) is 2.02. The van der Waals surface area contributed by atoms with Crippen LogP contribution in [0.15, 0.2) is 24.3 Å². The molecule has 0 aliphatic heterocycles. The normalized spacial score (nSPS) is 10.3. The van der Waals surface area contributed by atoms with Crippen molar-refractivity contribution in [1.29, 1.82) is 0 Å². The molecule has 0 aromatic rings. The molecule has 4 N–H and O–H groups in total. The Bertz CT molecular complexity index is 366. The number of rotatable bonds is 8. The molecule has 0 unspecified atom stereocenters. The first kappa shape index (κ1) is 28.2. The first-order valence-electron chi connectivity index (χ1n) is 8.29. The first-order chi connectivity index (χ1) is 11.2. The Labute approximate surface area is 151 Å². The summed E-state index contributed by atoms with van der Waals surface area (Å²) in [6.45, 7) is 17.7. The summed E-state index contributed by atoms with van der Waals surface area (Å²) in [5.41, 5.74) is -0.304. The minimum Gasteiger partial charge on any atom is -0.478 e. The molecule has 0 aromatic heterocycles. The van der Waals surface area contributed by atoms with Gasteiger partial charge in [-0.2, -0.15) is 0 Å². The van der Waals surface area contributed by atoms with E-state index in [-0.39, 0.29) is 17.8 Å². The summed E-state index contributed by atoms with van der Waals surface area (Å²) >= 11 is 0. The van der Waals surface area contributed by atoms with Crippen molar-refractivity contribution < 1.29 is 30.0 Å². The highest BCUT2D eigenvalue weighted by molar-refractivity contribution is 5.85. The number of carboxylic acids is 2. The predicted molar refractivity (Wildman–Crippen MR) is 100 cm³/mol. The van der Waals surface area contributed by atoms with Gasteiger partial charge in [-0.05, 0) is 44.9 Å². The van der Waals surface area contributed by atoms with Crippen molar-refractivity contribution in [3.05, 3.63) is 24.3 Å². The van der Waals surface area contributed by atoms with Crippen molar-refractivity contribution in [3.63, 3.8) is 0 Å². The van der Waals surface area contributed by atoms with Crippen LogP contribution in [0.3, 0.4) is 0 Å². The molecule has 0 rings (SSSR count). The molecular weight excluding hydrogens is 324 g/mol. The summed E-state index contributed by atoms with van der Waals surface area (Å²) in [6, 6.07) is 0. The van der Waals surface area contributed by atoms with Gasteiger partial charge in [0.15, 0.2) is 0 Å². The van der Waals surface area contributed by atoms with Crippen molar-refractivity contribution in [1.82, 2.24) is 0 Å². The monoisotopic (exact) mass is 360 g/mol. The van der Waals surface area contributed by atoms with E-state index in [1.807, 2.05) is 0 Å². The van der Waals surface area contributed by atoms with Crippen molar-refractivity contribution >= 4 is 11.9 Å². The maximum Gasteiger partial charge on any atom is 0.330 e. The molecule has 0 bridgehead atoms. The number of aliphatic hydroxyl groups is 2. The second kappa shape index (κ2) is 14.7. The van der Waals surface area contributed by atoms with E-state index in [4.69, 9.17) is 15.3 Å². The van der Waals surface area contributed by atoms with Crippen LogP contribution < -0.4 is 0 Å². The Morgan fingerprint density at radius 2 is 1.12 bits per heavy atom. The molecule has 0 spiro atoms. The lowest BCUT2D eigenvalue weighted by Crippen LogP contribution is -2.33. The number of carboxylic acid groups (broad SMARTS) is 2. The van der Waals surface area contributed by atoms with Gasteiger partial charge >= 0.3 is 11.9 Å². The molecular formula is C19H36O6. The van der Waals surface area contributed by atoms with Crippen LogP contribution in [0.1, 0.15) is 60.8 Å². The van der Waals surface area contributed by atoms with E-state index in [0.29, 0.717) is 18.3 Å². The van der Waals surface area contributed by atoms with Crippen LogP contribution in [-0.4, -0.2) is 44.6 Å². The molecule has 0 aliphatic rings. The predicted octanol–water partition coefficient (Wildman–Crippen LogP) is 3.49. The molecule has 148 valence electrons. The van der Waals surface area contributed by atoms with Crippen LogP contribution in [-0.2, 0) is 9.59 Å². The molecule has 0 fully saturated rings. The van der Waals surface area contributed by atoms with E-state index in [9.17, 15) is 14.7 Å². The minimum absolute atomic E-state index is 0.0793. The van der Waals surface area contributed by atoms with Gasteiger partial charge in [0.1, 0.15) is 0 Å². The highest BCUT2D eigenvalue weighted by atomic mass is 16.4. The lowest BCUT2D eigenvalue weighted by Gasteiger charge is -2.31. The second-order valence-corrected chi connectivity index (χ2v) is 7.06. The molecule has 0 aromatic carbocycles. The van der Waals surface area contributed by atoms with Gasteiger partial charge in [-0.25, -0.2) is 9.59 Å². The maximum absolute atomic E-state index is 10.2. The summed E-state index contributed by atoms with van der Waals surface area (Å²) in [7, 11) is 0. The molecule has 6 nitrogen and oxygen atoms in total. The molecule has 25 heavy (non-hydrogen) atoms. The molecule has 0 aliphatic carbocycles. The Morgan fingerprint density at radius 3 is 1.24 bits per heavy atom. The van der Waals surface area contributed by atoms with Crippen LogP contribution in [0.25, 0.3) is 0 Å². The third-order valence-electron chi connectivity index (χ3n) is 2.88. The van der Waals surface area contributed by atoms with E-state index in [1.54, 1.807) is 0 Å². The standard InChI is InChI=1S/C11H24O2.2C4H6O2/c1-9(2)7-11(13,5-6-12)8-10(3)4;2*1-3(2)4(5)6/h9-10,12-13H,5-8H2,1-4H3;2*1H2,2H3,(H,5,6). The molecule has 0 radical (unpaired) electrons. The largest absolute Gasteiger partial charge is 0.478 e.